The van der Waals surface area contributed by atoms with E-state index in [-0.39, 0.29) is 5.91 Å². The minimum Gasteiger partial charge on any atom is -0.323 e. The van der Waals surface area contributed by atoms with Crippen LogP contribution >= 0.6 is 0 Å². The molecule has 0 spiro atoms. The van der Waals surface area contributed by atoms with Crippen molar-refractivity contribution in [2.75, 3.05) is 5.32 Å². The molecule has 0 aliphatic carbocycles. The van der Waals surface area contributed by atoms with Gasteiger partial charge in [0.05, 0.1) is 30.0 Å². The molecule has 0 bridgehead atoms. The minimum atomic E-state index is -0.142. The van der Waals surface area contributed by atoms with Crippen molar-refractivity contribution in [1.29, 1.82) is 0 Å². The highest BCUT2D eigenvalue weighted by atomic mass is 16.1. The lowest BCUT2D eigenvalue weighted by molar-refractivity contribution is -0.114. The van der Waals surface area contributed by atoms with Crippen LogP contribution in [-0.4, -0.2) is 34.9 Å². The smallest absolute Gasteiger partial charge is 0.221 e. The average Bonchev–Trinajstić information content (AvgIpc) is 3.25. The van der Waals surface area contributed by atoms with Gasteiger partial charge in [0.2, 0.25) is 5.91 Å². The molecule has 4 rings (SSSR count). The first-order valence-corrected chi connectivity index (χ1v) is 7.78. The summed E-state index contributed by atoms with van der Waals surface area (Å²) in [5, 5.41) is 11.3. The van der Waals surface area contributed by atoms with Gasteiger partial charge in [-0.25, -0.2) is 4.98 Å². The molecular weight excluding hydrogens is 318 g/mol. The predicted molar refractivity (Wildman–Crippen MR) is 93.9 cm³/mol. The molecule has 0 aliphatic heterocycles. The molecule has 0 fully saturated rings. The van der Waals surface area contributed by atoms with E-state index in [9.17, 15) is 4.79 Å². The molecule has 0 unspecified atom stereocenters. The first-order chi connectivity index (χ1) is 12.0. The van der Waals surface area contributed by atoms with Crippen molar-refractivity contribution in [3.8, 4) is 22.4 Å². The van der Waals surface area contributed by atoms with Gasteiger partial charge in [0.25, 0.3) is 0 Å². The summed E-state index contributed by atoms with van der Waals surface area (Å²) in [5.74, 6) is -0.142. The van der Waals surface area contributed by atoms with E-state index in [1.807, 2.05) is 43.2 Å². The normalized spacial score (nSPS) is 11.2. The van der Waals surface area contributed by atoms with E-state index >= 15 is 0 Å². The molecule has 4 aromatic heterocycles. The third-order valence-electron chi connectivity index (χ3n) is 3.96. The highest BCUT2D eigenvalue weighted by molar-refractivity contribution is 5.94. The number of nitrogens with zero attached hydrogens (tertiary/aromatic N) is 6. The Morgan fingerprint density at radius 3 is 2.24 bits per heavy atom. The SMILES string of the molecule is CC(=O)Nc1cc(-c2cnn(C)c2)cn2c(-c3cnn(C)c3)cnc12. The van der Waals surface area contributed by atoms with Gasteiger partial charge < -0.3 is 5.32 Å². The molecule has 0 saturated heterocycles. The van der Waals surface area contributed by atoms with Crippen LogP contribution < -0.4 is 5.32 Å². The molecule has 8 nitrogen and oxygen atoms in total. The molecule has 25 heavy (non-hydrogen) atoms. The number of carbonyl (C=O) groups excluding carboxylic acids is 1. The van der Waals surface area contributed by atoms with Crippen molar-refractivity contribution >= 4 is 17.2 Å². The second-order valence-corrected chi connectivity index (χ2v) is 5.97. The Kier molecular flexibility index (Phi) is 3.38. The molecule has 0 aliphatic rings. The zero-order valence-corrected chi connectivity index (χ0v) is 14.1. The Hall–Kier alpha value is -3.42. The lowest BCUT2D eigenvalue weighted by atomic mass is 10.1. The Morgan fingerprint density at radius 2 is 1.64 bits per heavy atom. The molecule has 1 amide bonds. The number of aryl methyl sites for hydroxylation is 2. The lowest BCUT2D eigenvalue weighted by Crippen LogP contribution is -2.07. The fourth-order valence-corrected chi connectivity index (χ4v) is 2.86. The Bertz CT molecular complexity index is 1090. The zero-order valence-electron chi connectivity index (χ0n) is 14.1. The Balaban J connectivity index is 1.96. The number of imidazole rings is 1. The van der Waals surface area contributed by atoms with Crippen molar-refractivity contribution in [3.05, 3.63) is 43.2 Å². The Morgan fingerprint density at radius 1 is 0.960 bits per heavy atom. The van der Waals surface area contributed by atoms with Gasteiger partial charge in [-0.05, 0) is 6.07 Å². The van der Waals surface area contributed by atoms with Crippen LogP contribution in [0.3, 0.4) is 0 Å². The first kappa shape index (κ1) is 15.1. The van der Waals surface area contributed by atoms with Gasteiger partial charge in [-0.3, -0.25) is 18.6 Å². The number of rotatable bonds is 3. The third kappa shape index (κ3) is 2.67. The molecule has 0 saturated carbocycles. The van der Waals surface area contributed by atoms with E-state index < -0.39 is 0 Å². The van der Waals surface area contributed by atoms with Gasteiger partial charge in [0, 0.05) is 56.3 Å². The fourth-order valence-electron chi connectivity index (χ4n) is 2.86. The van der Waals surface area contributed by atoms with Gasteiger partial charge in [-0.2, -0.15) is 10.2 Å². The monoisotopic (exact) mass is 335 g/mol. The lowest BCUT2D eigenvalue weighted by Gasteiger charge is -2.09. The molecule has 126 valence electrons. The van der Waals surface area contributed by atoms with Crippen molar-refractivity contribution in [2.45, 2.75) is 6.92 Å². The number of hydrogen-bond acceptors (Lipinski definition) is 4. The summed E-state index contributed by atoms with van der Waals surface area (Å²) >= 11 is 0. The number of fused-ring (bicyclic) bond motifs is 1. The molecular formula is C17H17N7O. The van der Waals surface area contributed by atoms with Crippen molar-refractivity contribution in [1.82, 2.24) is 28.9 Å². The van der Waals surface area contributed by atoms with Crippen LogP contribution in [0.1, 0.15) is 6.92 Å². The van der Waals surface area contributed by atoms with Gasteiger partial charge in [-0.15, -0.1) is 0 Å². The average molecular weight is 335 g/mol. The summed E-state index contributed by atoms with van der Waals surface area (Å²) in [6.07, 6.45) is 11.2. The molecule has 4 heterocycles. The van der Waals surface area contributed by atoms with E-state index in [1.54, 1.807) is 28.0 Å². The van der Waals surface area contributed by atoms with Crippen LogP contribution in [0.5, 0.6) is 0 Å². The number of carbonyl (C=O) groups is 1. The maximum Gasteiger partial charge on any atom is 0.221 e. The maximum absolute atomic E-state index is 11.6. The van der Waals surface area contributed by atoms with E-state index in [0.29, 0.717) is 11.3 Å². The number of nitrogens with one attached hydrogen (secondary N) is 1. The molecule has 4 aromatic rings. The summed E-state index contributed by atoms with van der Waals surface area (Å²) in [4.78, 5) is 16.1. The van der Waals surface area contributed by atoms with Crippen molar-refractivity contribution in [3.63, 3.8) is 0 Å². The zero-order chi connectivity index (χ0) is 17.6. The van der Waals surface area contributed by atoms with Crippen LogP contribution in [0.4, 0.5) is 5.69 Å². The van der Waals surface area contributed by atoms with E-state index in [1.165, 1.54) is 6.92 Å². The quantitative estimate of drug-likeness (QED) is 0.621. The number of hydrogen-bond donors (Lipinski definition) is 1. The van der Waals surface area contributed by atoms with E-state index in [4.69, 9.17) is 0 Å². The van der Waals surface area contributed by atoms with Crippen LogP contribution in [0.15, 0.2) is 43.2 Å². The number of pyridine rings is 1. The topological polar surface area (TPSA) is 82.0 Å². The highest BCUT2D eigenvalue weighted by Crippen LogP contribution is 2.29. The summed E-state index contributed by atoms with van der Waals surface area (Å²) < 4.78 is 5.45. The number of amides is 1. The standard InChI is InChI=1S/C17H17N7O/c1-11(25)21-15-4-12(13-5-19-22(2)8-13)10-24-16(7-18-17(15)24)14-6-20-23(3)9-14/h4-10H,1-3H3,(H,21,25). The summed E-state index contributed by atoms with van der Waals surface area (Å²) in [5.41, 5.74) is 5.09. The molecule has 0 radical (unpaired) electrons. The van der Waals surface area contributed by atoms with Crippen LogP contribution in [0.25, 0.3) is 28.0 Å². The predicted octanol–water partition coefficient (Wildman–Crippen LogP) is 2.09. The van der Waals surface area contributed by atoms with Crippen LogP contribution in [0.2, 0.25) is 0 Å². The molecule has 1 N–H and O–H groups in total. The van der Waals surface area contributed by atoms with Crippen molar-refractivity contribution < 1.29 is 4.79 Å². The van der Waals surface area contributed by atoms with Gasteiger partial charge in [-0.1, -0.05) is 0 Å². The molecule has 0 atom stereocenters. The summed E-state index contributed by atoms with van der Waals surface area (Å²) in [6.45, 7) is 1.48. The second-order valence-electron chi connectivity index (χ2n) is 5.97. The molecule has 8 heteroatoms. The van der Waals surface area contributed by atoms with E-state index in [0.717, 1.165) is 22.4 Å². The fraction of sp³-hybridized carbons (Fsp3) is 0.176. The highest BCUT2D eigenvalue weighted by Gasteiger charge is 2.14. The second kappa shape index (κ2) is 5.59. The third-order valence-corrected chi connectivity index (χ3v) is 3.96. The van der Waals surface area contributed by atoms with Gasteiger partial charge >= 0.3 is 0 Å². The number of anilines is 1. The van der Waals surface area contributed by atoms with Crippen molar-refractivity contribution in [2.24, 2.45) is 14.1 Å². The van der Waals surface area contributed by atoms with Crippen LogP contribution in [0, 0.1) is 0 Å². The minimum absolute atomic E-state index is 0.142. The first-order valence-electron chi connectivity index (χ1n) is 7.78. The summed E-state index contributed by atoms with van der Waals surface area (Å²) in [6, 6.07) is 1.91. The van der Waals surface area contributed by atoms with Gasteiger partial charge in [0.15, 0.2) is 5.65 Å². The van der Waals surface area contributed by atoms with Gasteiger partial charge in [0.1, 0.15) is 0 Å². The summed E-state index contributed by atoms with van der Waals surface area (Å²) in [7, 11) is 3.74. The van der Waals surface area contributed by atoms with E-state index in [2.05, 4.69) is 20.5 Å². The van der Waals surface area contributed by atoms with Crippen LogP contribution in [-0.2, 0) is 18.9 Å². The molecule has 0 aromatic carbocycles. The maximum atomic E-state index is 11.6. The number of aromatic nitrogens is 6. The largest absolute Gasteiger partial charge is 0.323 e. The Labute approximate surface area is 143 Å².